The van der Waals surface area contributed by atoms with Crippen molar-refractivity contribution in [2.45, 2.75) is 25.9 Å². The van der Waals surface area contributed by atoms with Crippen molar-refractivity contribution in [1.82, 2.24) is 15.1 Å². The van der Waals surface area contributed by atoms with Gasteiger partial charge in [0.2, 0.25) is 5.43 Å². The lowest BCUT2D eigenvalue weighted by Gasteiger charge is -2.24. The molecular formula is C16H21N3O2. The molecule has 5 heteroatoms. The molecule has 1 fully saturated rings. The first-order valence-electron chi connectivity index (χ1n) is 7.55. The molecule has 1 aliphatic rings. The minimum Gasteiger partial charge on any atom is -0.381 e. The number of rotatable bonds is 5. The molecule has 1 aliphatic heterocycles. The quantitative estimate of drug-likeness (QED) is 0.903. The Bertz CT molecular complexity index is 662. The standard InChI is InChI=1S/C16H21N3O2/c1-2-17-14(12-7-8-21-11-12)10-19-15-6-4-3-5-13(15)16(20)9-18-19/h3-6,9,12,14,17H,2,7-8,10-11H2,1H3. The van der Waals surface area contributed by atoms with Crippen LogP contribution in [0.15, 0.2) is 35.3 Å². The predicted octanol–water partition coefficient (Wildman–Crippen LogP) is 1.41. The van der Waals surface area contributed by atoms with Crippen LogP contribution in [0.1, 0.15) is 13.3 Å². The van der Waals surface area contributed by atoms with Gasteiger partial charge in [-0.3, -0.25) is 9.48 Å². The van der Waals surface area contributed by atoms with Gasteiger partial charge in [0.25, 0.3) is 0 Å². The molecular weight excluding hydrogens is 266 g/mol. The van der Waals surface area contributed by atoms with Crippen LogP contribution in [0.2, 0.25) is 0 Å². The van der Waals surface area contributed by atoms with Gasteiger partial charge in [0.1, 0.15) is 0 Å². The molecule has 112 valence electrons. The molecule has 2 heterocycles. The fourth-order valence-corrected chi connectivity index (χ4v) is 3.01. The fraction of sp³-hybridized carbons (Fsp3) is 0.500. The normalized spacial score (nSPS) is 20.0. The van der Waals surface area contributed by atoms with Gasteiger partial charge >= 0.3 is 0 Å². The number of aromatic nitrogens is 2. The van der Waals surface area contributed by atoms with Crippen LogP contribution in [0.3, 0.4) is 0 Å². The minimum absolute atomic E-state index is 0.0222. The van der Waals surface area contributed by atoms with Gasteiger partial charge < -0.3 is 10.1 Å². The van der Waals surface area contributed by atoms with Crippen molar-refractivity contribution in [1.29, 1.82) is 0 Å². The molecule has 1 saturated heterocycles. The van der Waals surface area contributed by atoms with Gasteiger partial charge in [0.05, 0.1) is 24.9 Å². The zero-order valence-electron chi connectivity index (χ0n) is 12.3. The average molecular weight is 287 g/mol. The summed E-state index contributed by atoms with van der Waals surface area (Å²) in [6, 6.07) is 7.96. The molecule has 1 aromatic heterocycles. The van der Waals surface area contributed by atoms with Gasteiger partial charge in [0.15, 0.2) is 0 Å². The van der Waals surface area contributed by atoms with E-state index in [9.17, 15) is 4.79 Å². The van der Waals surface area contributed by atoms with Crippen LogP contribution < -0.4 is 10.7 Å². The van der Waals surface area contributed by atoms with E-state index in [0.29, 0.717) is 12.0 Å². The number of ether oxygens (including phenoxy) is 1. The molecule has 0 bridgehead atoms. The van der Waals surface area contributed by atoms with E-state index in [1.807, 2.05) is 28.9 Å². The average Bonchev–Trinajstić information content (AvgIpc) is 3.04. The molecule has 5 nitrogen and oxygen atoms in total. The number of likely N-dealkylation sites (N-methyl/N-ethyl adjacent to an activating group) is 1. The van der Waals surface area contributed by atoms with E-state index >= 15 is 0 Å². The lowest BCUT2D eigenvalue weighted by molar-refractivity contribution is 0.173. The highest BCUT2D eigenvalue weighted by atomic mass is 16.5. The lowest BCUT2D eigenvalue weighted by Crippen LogP contribution is -2.40. The second-order valence-electron chi connectivity index (χ2n) is 5.50. The Morgan fingerprint density at radius 2 is 2.33 bits per heavy atom. The van der Waals surface area contributed by atoms with Gasteiger partial charge in [-0.2, -0.15) is 5.10 Å². The minimum atomic E-state index is -0.0222. The van der Waals surface area contributed by atoms with Crippen LogP contribution in [0.5, 0.6) is 0 Å². The first-order chi connectivity index (χ1) is 10.3. The monoisotopic (exact) mass is 287 g/mol. The number of hydrogen-bond acceptors (Lipinski definition) is 4. The SMILES string of the molecule is CCNC(Cn1ncc(=O)c2ccccc21)C1CCOC1. The van der Waals surface area contributed by atoms with E-state index in [2.05, 4.69) is 17.3 Å². The van der Waals surface area contributed by atoms with E-state index in [4.69, 9.17) is 4.74 Å². The first-order valence-corrected chi connectivity index (χ1v) is 7.55. The summed E-state index contributed by atoms with van der Waals surface area (Å²) in [5.41, 5.74) is 0.873. The van der Waals surface area contributed by atoms with Crippen LogP contribution in [-0.4, -0.2) is 35.6 Å². The third kappa shape index (κ3) is 2.99. The molecule has 3 rings (SSSR count). The van der Waals surface area contributed by atoms with Crippen molar-refractivity contribution in [3.05, 3.63) is 40.7 Å². The number of fused-ring (bicyclic) bond motifs is 1. The summed E-state index contributed by atoms with van der Waals surface area (Å²) < 4.78 is 7.44. The summed E-state index contributed by atoms with van der Waals surface area (Å²) in [4.78, 5) is 11.9. The molecule has 0 spiro atoms. The maximum Gasteiger partial charge on any atom is 0.207 e. The molecule has 0 amide bonds. The van der Waals surface area contributed by atoms with Crippen LogP contribution in [0.25, 0.3) is 10.9 Å². The summed E-state index contributed by atoms with van der Waals surface area (Å²) >= 11 is 0. The Hall–Kier alpha value is -1.72. The third-order valence-electron chi connectivity index (χ3n) is 4.13. The van der Waals surface area contributed by atoms with Crippen molar-refractivity contribution >= 4 is 10.9 Å². The van der Waals surface area contributed by atoms with E-state index < -0.39 is 0 Å². The molecule has 1 aromatic carbocycles. The van der Waals surface area contributed by atoms with E-state index in [1.54, 1.807) is 0 Å². The van der Waals surface area contributed by atoms with Crippen molar-refractivity contribution in [3.63, 3.8) is 0 Å². The number of hydrogen-bond donors (Lipinski definition) is 1. The number of nitrogens with one attached hydrogen (secondary N) is 1. The van der Waals surface area contributed by atoms with Crippen molar-refractivity contribution in [3.8, 4) is 0 Å². The van der Waals surface area contributed by atoms with E-state index in [-0.39, 0.29) is 5.43 Å². The largest absolute Gasteiger partial charge is 0.381 e. The van der Waals surface area contributed by atoms with Gasteiger partial charge in [-0.15, -0.1) is 0 Å². The van der Waals surface area contributed by atoms with Gasteiger partial charge in [0, 0.05) is 24.0 Å². The zero-order chi connectivity index (χ0) is 14.7. The maximum atomic E-state index is 11.9. The molecule has 2 unspecified atom stereocenters. The van der Waals surface area contributed by atoms with Crippen LogP contribution in [0, 0.1) is 5.92 Å². The Balaban J connectivity index is 1.92. The molecule has 1 N–H and O–H groups in total. The molecule has 0 saturated carbocycles. The smallest absolute Gasteiger partial charge is 0.207 e. The number of para-hydroxylation sites is 1. The maximum absolute atomic E-state index is 11.9. The van der Waals surface area contributed by atoms with Gasteiger partial charge in [-0.1, -0.05) is 19.1 Å². The second-order valence-corrected chi connectivity index (χ2v) is 5.50. The molecule has 0 aliphatic carbocycles. The number of benzene rings is 1. The summed E-state index contributed by atoms with van der Waals surface area (Å²) in [7, 11) is 0. The molecule has 21 heavy (non-hydrogen) atoms. The highest BCUT2D eigenvalue weighted by molar-refractivity contribution is 5.77. The Kier molecular flexibility index (Phi) is 4.31. The first kappa shape index (κ1) is 14.2. The highest BCUT2D eigenvalue weighted by Crippen LogP contribution is 2.19. The number of nitrogens with zero attached hydrogens (tertiary/aromatic N) is 2. The lowest BCUT2D eigenvalue weighted by atomic mass is 9.99. The van der Waals surface area contributed by atoms with Gasteiger partial charge in [-0.25, -0.2) is 0 Å². The summed E-state index contributed by atoms with van der Waals surface area (Å²) in [5.74, 6) is 0.505. The van der Waals surface area contributed by atoms with E-state index in [0.717, 1.165) is 43.6 Å². The molecule has 0 radical (unpaired) electrons. The van der Waals surface area contributed by atoms with E-state index in [1.165, 1.54) is 6.20 Å². The fourth-order valence-electron chi connectivity index (χ4n) is 3.01. The molecule has 2 atom stereocenters. The molecule has 2 aromatic rings. The van der Waals surface area contributed by atoms with Crippen molar-refractivity contribution in [2.24, 2.45) is 5.92 Å². The summed E-state index contributed by atoms with van der Waals surface area (Å²) in [6.07, 6.45) is 2.49. The van der Waals surface area contributed by atoms with Crippen molar-refractivity contribution in [2.75, 3.05) is 19.8 Å². The van der Waals surface area contributed by atoms with Crippen LogP contribution >= 0.6 is 0 Å². The summed E-state index contributed by atoms with van der Waals surface area (Å²) in [6.45, 7) is 5.42. The third-order valence-corrected chi connectivity index (χ3v) is 4.13. The topological polar surface area (TPSA) is 56.2 Å². The Morgan fingerprint density at radius 3 is 3.10 bits per heavy atom. The Labute approximate surface area is 123 Å². The van der Waals surface area contributed by atoms with Gasteiger partial charge in [-0.05, 0) is 25.1 Å². The van der Waals surface area contributed by atoms with Crippen LogP contribution in [0.4, 0.5) is 0 Å². The van der Waals surface area contributed by atoms with Crippen molar-refractivity contribution < 1.29 is 4.74 Å². The summed E-state index contributed by atoms with van der Waals surface area (Å²) in [5, 5.41) is 8.58. The predicted molar refractivity (Wildman–Crippen MR) is 82.4 cm³/mol. The Morgan fingerprint density at radius 1 is 1.48 bits per heavy atom. The highest BCUT2D eigenvalue weighted by Gasteiger charge is 2.25. The second kappa shape index (κ2) is 6.37. The zero-order valence-corrected chi connectivity index (χ0v) is 12.3. The van der Waals surface area contributed by atoms with Crippen LogP contribution in [-0.2, 0) is 11.3 Å².